The van der Waals surface area contributed by atoms with Crippen molar-refractivity contribution in [3.63, 3.8) is 0 Å². The van der Waals surface area contributed by atoms with E-state index in [1.54, 1.807) is 0 Å². The molecule has 0 unspecified atom stereocenters. The van der Waals surface area contributed by atoms with Crippen LogP contribution in [-0.4, -0.2) is 15.0 Å². The van der Waals surface area contributed by atoms with Crippen LogP contribution in [0, 0.1) is 6.92 Å². The summed E-state index contributed by atoms with van der Waals surface area (Å²) in [5.41, 5.74) is 5.07. The lowest BCUT2D eigenvalue weighted by molar-refractivity contribution is 1.03. The Bertz CT molecular complexity index is 1040. The van der Waals surface area contributed by atoms with Crippen molar-refractivity contribution in [1.82, 2.24) is 15.0 Å². The Morgan fingerprint density at radius 3 is 2.52 bits per heavy atom. The maximum Gasteiger partial charge on any atom is 0.178 e. The number of nitrogens with zero attached hydrogens (tertiary/aromatic N) is 3. The summed E-state index contributed by atoms with van der Waals surface area (Å²) in [7, 11) is 0. The molecule has 25 heavy (non-hydrogen) atoms. The molecule has 0 N–H and O–H groups in total. The van der Waals surface area contributed by atoms with Crippen LogP contribution in [0.1, 0.15) is 16.8 Å². The van der Waals surface area contributed by atoms with Crippen LogP contribution in [0.15, 0.2) is 66.9 Å². The molecule has 0 aliphatic carbocycles. The van der Waals surface area contributed by atoms with Gasteiger partial charge < -0.3 is 0 Å². The molecule has 2 heterocycles. The van der Waals surface area contributed by atoms with E-state index in [4.69, 9.17) is 16.6 Å². The van der Waals surface area contributed by atoms with Crippen molar-refractivity contribution in [2.45, 2.75) is 13.3 Å². The molecule has 0 saturated carbocycles. The molecule has 2 aromatic carbocycles. The third-order valence-corrected chi connectivity index (χ3v) is 4.46. The van der Waals surface area contributed by atoms with E-state index < -0.39 is 0 Å². The molecule has 2 aromatic heterocycles. The van der Waals surface area contributed by atoms with E-state index in [2.05, 4.69) is 23.0 Å². The standard InChI is InChI=1S/C21H16ClN3/c1-14-6-11-19(21-23-13-16-4-2-3-5-18(16)25-21)24-20(14)12-15-7-9-17(22)10-8-15/h2-11,13H,12H2,1H3. The SMILES string of the molecule is Cc1ccc(-c2ncc3ccccc3n2)nc1Cc1ccc(Cl)cc1. The summed E-state index contributed by atoms with van der Waals surface area (Å²) < 4.78 is 0. The van der Waals surface area contributed by atoms with Crippen molar-refractivity contribution in [1.29, 1.82) is 0 Å². The minimum Gasteiger partial charge on any atom is -0.249 e. The number of aromatic nitrogens is 3. The maximum absolute atomic E-state index is 5.97. The van der Waals surface area contributed by atoms with Gasteiger partial charge in [0.25, 0.3) is 0 Å². The van der Waals surface area contributed by atoms with Crippen LogP contribution in [0.5, 0.6) is 0 Å². The highest BCUT2D eigenvalue weighted by Crippen LogP contribution is 2.20. The smallest absolute Gasteiger partial charge is 0.178 e. The minimum absolute atomic E-state index is 0.649. The maximum atomic E-state index is 5.97. The molecule has 0 radical (unpaired) electrons. The largest absolute Gasteiger partial charge is 0.249 e. The molecule has 0 amide bonds. The molecule has 122 valence electrons. The number of hydrogen-bond donors (Lipinski definition) is 0. The van der Waals surface area contributed by atoms with Gasteiger partial charge >= 0.3 is 0 Å². The molecular formula is C21H16ClN3. The van der Waals surface area contributed by atoms with Gasteiger partial charge in [0.1, 0.15) is 5.69 Å². The van der Waals surface area contributed by atoms with Gasteiger partial charge in [0.15, 0.2) is 5.82 Å². The first-order valence-electron chi connectivity index (χ1n) is 8.12. The van der Waals surface area contributed by atoms with E-state index in [0.29, 0.717) is 5.82 Å². The number of aryl methyl sites for hydroxylation is 1. The normalized spacial score (nSPS) is 11.0. The summed E-state index contributed by atoms with van der Waals surface area (Å²) in [4.78, 5) is 13.9. The fourth-order valence-corrected chi connectivity index (χ4v) is 2.89. The zero-order valence-electron chi connectivity index (χ0n) is 13.8. The quantitative estimate of drug-likeness (QED) is 0.509. The molecule has 4 rings (SSSR count). The van der Waals surface area contributed by atoms with E-state index >= 15 is 0 Å². The van der Waals surface area contributed by atoms with Gasteiger partial charge in [-0.2, -0.15) is 0 Å². The van der Waals surface area contributed by atoms with E-state index in [0.717, 1.165) is 39.3 Å². The van der Waals surface area contributed by atoms with Crippen molar-refractivity contribution in [2.75, 3.05) is 0 Å². The second-order valence-corrected chi connectivity index (χ2v) is 6.45. The lowest BCUT2D eigenvalue weighted by atomic mass is 10.1. The van der Waals surface area contributed by atoms with Crippen LogP contribution >= 0.6 is 11.6 Å². The third-order valence-electron chi connectivity index (χ3n) is 4.20. The van der Waals surface area contributed by atoms with Gasteiger partial charge in [-0.1, -0.05) is 48.0 Å². The lowest BCUT2D eigenvalue weighted by Gasteiger charge is -2.08. The summed E-state index contributed by atoms with van der Waals surface area (Å²) in [6.45, 7) is 2.07. The van der Waals surface area contributed by atoms with Gasteiger partial charge in [-0.3, -0.25) is 0 Å². The van der Waals surface area contributed by atoms with E-state index in [9.17, 15) is 0 Å². The molecule has 0 spiro atoms. The number of benzene rings is 2. The van der Waals surface area contributed by atoms with Crippen LogP contribution < -0.4 is 0 Å². The molecule has 0 saturated heterocycles. The summed E-state index contributed by atoms with van der Waals surface area (Å²) in [5, 5.41) is 1.77. The Kier molecular flexibility index (Phi) is 4.16. The molecule has 0 fully saturated rings. The van der Waals surface area contributed by atoms with Crippen LogP contribution in [0.4, 0.5) is 0 Å². The highest BCUT2D eigenvalue weighted by molar-refractivity contribution is 6.30. The number of fused-ring (bicyclic) bond motifs is 1. The molecule has 4 heteroatoms. The number of hydrogen-bond acceptors (Lipinski definition) is 3. The van der Waals surface area contributed by atoms with Gasteiger partial charge in [-0.25, -0.2) is 15.0 Å². The Morgan fingerprint density at radius 2 is 1.68 bits per heavy atom. The lowest BCUT2D eigenvalue weighted by Crippen LogP contribution is -2.00. The molecule has 0 aliphatic rings. The van der Waals surface area contributed by atoms with Crippen molar-refractivity contribution >= 4 is 22.5 Å². The second kappa shape index (κ2) is 6.61. The average Bonchev–Trinajstić information content (AvgIpc) is 2.65. The van der Waals surface area contributed by atoms with Crippen molar-refractivity contribution < 1.29 is 0 Å². The topological polar surface area (TPSA) is 38.7 Å². The zero-order valence-corrected chi connectivity index (χ0v) is 14.5. The highest BCUT2D eigenvalue weighted by atomic mass is 35.5. The molecule has 0 bridgehead atoms. The number of para-hydroxylation sites is 1. The fourth-order valence-electron chi connectivity index (χ4n) is 2.77. The second-order valence-electron chi connectivity index (χ2n) is 6.02. The molecular weight excluding hydrogens is 330 g/mol. The van der Waals surface area contributed by atoms with Crippen molar-refractivity contribution in [3.05, 3.63) is 88.7 Å². The van der Waals surface area contributed by atoms with Gasteiger partial charge in [0.2, 0.25) is 0 Å². The Morgan fingerprint density at radius 1 is 0.880 bits per heavy atom. The van der Waals surface area contributed by atoms with Crippen LogP contribution in [0.25, 0.3) is 22.4 Å². The predicted molar refractivity (Wildman–Crippen MR) is 102 cm³/mol. The molecule has 0 atom stereocenters. The Balaban J connectivity index is 1.71. The Hall–Kier alpha value is -2.78. The zero-order chi connectivity index (χ0) is 17.2. The first-order valence-corrected chi connectivity index (χ1v) is 8.50. The molecule has 4 aromatic rings. The van der Waals surface area contributed by atoms with Gasteiger partial charge in [0, 0.05) is 28.7 Å². The van der Waals surface area contributed by atoms with Crippen LogP contribution in [-0.2, 0) is 6.42 Å². The number of halogens is 1. The fraction of sp³-hybridized carbons (Fsp3) is 0.0952. The number of pyridine rings is 1. The predicted octanol–water partition coefficient (Wildman–Crippen LogP) is 5.24. The van der Waals surface area contributed by atoms with E-state index in [1.807, 2.05) is 60.8 Å². The summed E-state index contributed by atoms with van der Waals surface area (Å²) in [6, 6.07) is 19.9. The first-order chi connectivity index (χ1) is 12.2. The minimum atomic E-state index is 0.649. The first kappa shape index (κ1) is 15.7. The molecule has 3 nitrogen and oxygen atoms in total. The van der Waals surface area contributed by atoms with Crippen LogP contribution in [0.3, 0.4) is 0 Å². The van der Waals surface area contributed by atoms with Crippen LogP contribution in [0.2, 0.25) is 5.02 Å². The van der Waals surface area contributed by atoms with E-state index in [-0.39, 0.29) is 0 Å². The Labute approximate surface area is 151 Å². The van der Waals surface area contributed by atoms with Gasteiger partial charge in [0.05, 0.1) is 5.52 Å². The highest BCUT2D eigenvalue weighted by Gasteiger charge is 2.09. The van der Waals surface area contributed by atoms with Gasteiger partial charge in [-0.05, 0) is 42.3 Å². The molecule has 0 aliphatic heterocycles. The summed E-state index contributed by atoms with van der Waals surface area (Å²) >= 11 is 5.97. The summed E-state index contributed by atoms with van der Waals surface area (Å²) in [5.74, 6) is 0.649. The monoisotopic (exact) mass is 345 g/mol. The van der Waals surface area contributed by atoms with Crippen molar-refractivity contribution in [2.24, 2.45) is 0 Å². The van der Waals surface area contributed by atoms with Crippen molar-refractivity contribution in [3.8, 4) is 11.5 Å². The van der Waals surface area contributed by atoms with Gasteiger partial charge in [-0.15, -0.1) is 0 Å². The average molecular weight is 346 g/mol. The number of rotatable bonds is 3. The summed E-state index contributed by atoms with van der Waals surface area (Å²) in [6.07, 6.45) is 2.60. The third kappa shape index (κ3) is 3.37. The van der Waals surface area contributed by atoms with E-state index in [1.165, 1.54) is 5.56 Å².